The van der Waals surface area contributed by atoms with E-state index in [1.54, 1.807) is 0 Å². The normalized spacial score (nSPS) is 18.7. The van der Waals surface area contributed by atoms with Crippen LogP contribution < -0.4 is 0 Å². The molecule has 5 heteroatoms. The molecule has 1 aliphatic heterocycles. The Bertz CT molecular complexity index is 567. The van der Waals surface area contributed by atoms with Crippen LogP contribution in [-0.4, -0.2) is 26.5 Å². The highest BCUT2D eigenvalue weighted by molar-refractivity contribution is 6.30. The number of nitrogens with zero attached hydrogens (tertiary/aromatic N) is 3. The molecule has 1 atom stereocenters. The van der Waals surface area contributed by atoms with Crippen molar-refractivity contribution in [2.24, 2.45) is 5.92 Å². The molecule has 0 aliphatic carbocycles. The second-order valence-corrected chi connectivity index (χ2v) is 5.08. The third kappa shape index (κ3) is 2.02. The monoisotopic (exact) mass is 263 g/mol. The van der Waals surface area contributed by atoms with Gasteiger partial charge in [0.2, 0.25) is 0 Å². The molecular weight excluding hydrogens is 250 g/mol. The third-order valence-corrected chi connectivity index (χ3v) is 3.62. The molecule has 0 bridgehead atoms. The molecule has 1 unspecified atom stereocenters. The van der Waals surface area contributed by atoms with Crippen LogP contribution in [0.2, 0.25) is 5.02 Å². The lowest BCUT2D eigenvalue weighted by molar-refractivity contribution is 0.191. The summed E-state index contributed by atoms with van der Waals surface area (Å²) >= 11 is 6.00. The Morgan fingerprint density at radius 1 is 1.39 bits per heavy atom. The Balaban J connectivity index is 2.02. The van der Waals surface area contributed by atoms with E-state index in [1.165, 1.54) is 0 Å². The second kappa shape index (κ2) is 4.71. The van der Waals surface area contributed by atoms with Gasteiger partial charge < -0.3 is 9.67 Å². The fourth-order valence-corrected chi connectivity index (χ4v) is 2.58. The van der Waals surface area contributed by atoms with Gasteiger partial charge in [0.05, 0.1) is 0 Å². The van der Waals surface area contributed by atoms with E-state index in [9.17, 15) is 5.11 Å². The number of fused-ring (bicyclic) bond motifs is 1. The van der Waals surface area contributed by atoms with Crippen molar-refractivity contribution >= 4 is 11.6 Å². The zero-order valence-corrected chi connectivity index (χ0v) is 10.6. The van der Waals surface area contributed by atoms with Crippen LogP contribution in [0.1, 0.15) is 12.2 Å². The third-order valence-electron chi connectivity index (χ3n) is 3.39. The van der Waals surface area contributed by atoms with Crippen LogP contribution in [-0.2, 0) is 13.0 Å². The Morgan fingerprint density at radius 2 is 2.28 bits per heavy atom. The standard InChI is InChI=1S/C13H14ClN3O/c14-11-3-1-2-10(6-11)13-16-15-12-5-4-9(8-18)7-17(12)13/h1-3,6,9,18H,4-5,7-8H2. The second-order valence-electron chi connectivity index (χ2n) is 4.65. The lowest BCUT2D eigenvalue weighted by atomic mass is 10.00. The van der Waals surface area contributed by atoms with Crippen LogP contribution in [0.25, 0.3) is 11.4 Å². The number of aryl methyl sites for hydroxylation is 1. The van der Waals surface area contributed by atoms with Crippen molar-refractivity contribution < 1.29 is 5.11 Å². The summed E-state index contributed by atoms with van der Waals surface area (Å²) in [4.78, 5) is 0. The number of hydrogen-bond acceptors (Lipinski definition) is 3. The molecule has 0 fully saturated rings. The van der Waals surface area contributed by atoms with Crippen LogP contribution in [0.15, 0.2) is 24.3 Å². The molecule has 1 aromatic carbocycles. The summed E-state index contributed by atoms with van der Waals surface area (Å²) < 4.78 is 2.09. The van der Waals surface area contributed by atoms with Gasteiger partial charge in [0.25, 0.3) is 0 Å². The average Bonchev–Trinajstić information content (AvgIpc) is 2.81. The maximum Gasteiger partial charge on any atom is 0.164 e. The topological polar surface area (TPSA) is 50.9 Å². The maximum atomic E-state index is 9.28. The summed E-state index contributed by atoms with van der Waals surface area (Å²) in [5.74, 6) is 2.13. The van der Waals surface area contributed by atoms with Crippen molar-refractivity contribution in [1.82, 2.24) is 14.8 Å². The minimum Gasteiger partial charge on any atom is -0.396 e. The van der Waals surface area contributed by atoms with Crippen LogP contribution in [0.4, 0.5) is 0 Å². The summed E-state index contributed by atoms with van der Waals surface area (Å²) in [5, 5.41) is 18.4. The maximum absolute atomic E-state index is 9.28. The van der Waals surface area contributed by atoms with Crippen molar-refractivity contribution in [3.8, 4) is 11.4 Å². The number of aliphatic hydroxyl groups is 1. The minimum atomic E-state index is 0.215. The molecule has 0 spiro atoms. The number of benzene rings is 1. The predicted octanol–water partition coefficient (Wildman–Crippen LogP) is 2.15. The average molecular weight is 264 g/mol. The highest BCUT2D eigenvalue weighted by Crippen LogP contribution is 2.26. The fraction of sp³-hybridized carbons (Fsp3) is 0.385. The largest absolute Gasteiger partial charge is 0.396 e. The summed E-state index contributed by atoms with van der Waals surface area (Å²) in [6, 6.07) is 7.62. The first-order valence-corrected chi connectivity index (χ1v) is 6.44. The number of rotatable bonds is 2. The predicted molar refractivity (Wildman–Crippen MR) is 69.4 cm³/mol. The number of aliphatic hydroxyl groups excluding tert-OH is 1. The van der Waals surface area contributed by atoms with Gasteiger partial charge in [-0.25, -0.2) is 0 Å². The molecule has 0 amide bonds. The Labute approximate surface area is 110 Å². The Kier molecular flexibility index (Phi) is 3.06. The number of hydrogen-bond donors (Lipinski definition) is 1. The van der Waals surface area contributed by atoms with E-state index in [-0.39, 0.29) is 6.61 Å². The minimum absolute atomic E-state index is 0.215. The van der Waals surface area contributed by atoms with Gasteiger partial charge in [0, 0.05) is 36.1 Å². The fourth-order valence-electron chi connectivity index (χ4n) is 2.38. The molecule has 2 aromatic rings. The van der Waals surface area contributed by atoms with Gasteiger partial charge >= 0.3 is 0 Å². The number of halogens is 1. The molecule has 94 valence electrons. The molecule has 1 aromatic heterocycles. The number of aromatic nitrogens is 3. The van der Waals surface area contributed by atoms with Crippen LogP contribution in [0, 0.1) is 5.92 Å². The lowest BCUT2D eigenvalue weighted by Crippen LogP contribution is -2.23. The highest BCUT2D eigenvalue weighted by Gasteiger charge is 2.22. The summed E-state index contributed by atoms with van der Waals surface area (Å²) in [6.45, 7) is 0.993. The molecular formula is C13H14ClN3O. The van der Waals surface area contributed by atoms with Crippen LogP contribution in [0.5, 0.6) is 0 Å². The van der Waals surface area contributed by atoms with E-state index < -0.39 is 0 Å². The van der Waals surface area contributed by atoms with Crippen molar-refractivity contribution in [3.05, 3.63) is 35.1 Å². The van der Waals surface area contributed by atoms with E-state index >= 15 is 0 Å². The van der Waals surface area contributed by atoms with E-state index in [0.717, 1.165) is 36.6 Å². The van der Waals surface area contributed by atoms with Crippen LogP contribution >= 0.6 is 11.6 Å². The van der Waals surface area contributed by atoms with Crippen molar-refractivity contribution in [1.29, 1.82) is 0 Å². The van der Waals surface area contributed by atoms with Gasteiger partial charge in [-0.15, -0.1) is 10.2 Å². The molecule has 18 heavy (non-hydrogen) atoms. The van der Waals surface area contributed by atoms with Gasteiger partial charge in [-0.1, -0.05) is 23.7 Å². The molecule has 1 N–H and O–H groups in total. The van der Waals surface area contributed by atoms with Crippen LogP contribution in [0.3, 0.4) is 0 Å². The van der Waals surface area contributed by atoms with Crippen molar-refractivity contribution in [2.75, 3.05) is 6.61 Å². The summed E-state index contributed by atoms with van der Waals surface area (Å²) in [5.41, 5.74) is 0.972. The summed E-state index contributed by atoms with van der Waals surface area (Å²) in [7, 11) is 0. The zero-order chi connectivity index (χ0) is 12.5. The first-order valence-electron chi connectivity index (χ1n) is 6.07. The zero-order valence-electron chi connectivity index (χ0n) is 9.88. The quantitative estimate of drug-likeness (QED) is 0.903. The van der Waals surface area contributed by atoms with Gasteiger partial charge in [-0.05, 0) is 18.6 Å². The van der Waals surface area contributed by atoms with Crippen molar-refractivity contribution in [3.63, 3.8) is 0 Å². The van der Waals surface area contributed by atoms with Gasteiger partial charge in [-0.2, -0.15) is 0 Å². The van der Waals surface area contributed by atoms with Gasteiger partial charge in [-0.3, -0.25) is 0 Å². The van der Waals surface area contributed by atoms with Gasteiger partial charge in [0.15, 0.2) is 5.82 Å². The summed E-state index contributed by atoms with van der Waals surface area (Å²) in [6.07, 6.45) is 1.85. The van der Waals surface area contributed by atoms with E-state index in [1.807, 2.05) is 24.3 Å². The van der Waals surface area contributed by atoms with Crippen molar-refractivity contribution in [2.45, 2.75) is 19.4 Å². The van der Waals surface area contributed by atoms with Gasteiger partial charge in [0.1, 0.15) is 5.82 Å². The molecule has 1 aliphatic rings. The smallest absolute Gasteiger partial charge is 0.164 e. The SMILES string of the molecule is OCC1CCc2nnc(-c3cccc(Cl)c3)n2C1. The Hall–Kier alpha value is -1.39. The van der Waals surface area contributed by atoms with E-state index in [2.05, 4.69) is 14.8 Å². The Morgan fingerprint density at radius 3 is 3.06 bits per heavy atom. The van der Waals surface area contributed by atoms with E-state index in [4.69, 9.17) is 11.6 Å². The molecule has 0 saturated heterocycles. The molecule has 0 radical (unpaired) electrons. The molecule has 4 nitrogen and oxygen atoms in total. The molecule has 0 saturated carbocycles. The molecule has 3 rings (SSSR count). The first kappa shape index (κ1) is 11.7. The molecule has 2 heterocycles. The lowest BCUT2D eigenvalue weighted by Gasteiger charge is -2.22. The highest BCUT2D eigenvalue weighted by atomic mass is 35.5. The first-order chi connectivity index (χ1) is 8.78. The van der Waals surface area contributed by atoms with E-state index in [0.29, 0.717) is 10.9 Å².